The van der Waals surface area contributed by atoms with Gasteiger partial charge in [-0.15, -0.1) is 0 Å². The summed E-state index contributed by atoms with van der Waals surface area (Å²) in [6, 6.07) is 13.5. The highest BCUT2D eigenvalue weighted by molar-refractivity contribution is 8.09. The Balaban J connectivity index is 2.38. The van der Waals surface area contributed by atoms with Gasteiger partial charge in [0, 0.05) is 0 Å². The van der Waals surface area contributed by atoms with Crippen molar-refractivity contribution in [2.75, 3.05) is 0 Å². The van der Waals surface area contributed by atoms with Crippen LogP contribution in [0.2, 0.25) is 0 Å². The molecule has 3 rings (SSSR count). The topological polar surface area (TPSA) is 166 Å². The first-order valence-electron chi connectivity index (χ1n) is 8.27. The van der Waals surface area contributed by atoms with Gasteiger partial charge in [0.25, 0.3) is 11.8 Å². The van der Waals surface area contributed by atoms with Gasteiger partial charge in [-0.05, 0) is 24.3 Å². The second kappa shape index (κ2) is 7.52. The summed E-state index contributed by atoms with van der Waals surface area (Å²) in [5.41, 5.74) is 9.74. The monoisotopic (exact) mass is 435 g/mol. The van der Waals surface area contributed by atoms with Crippen molar-refractivity contribution < 1.29 is 26.4 Å². The molecule has 2 aromatic carbocycles. The standard InChI is InChI=1S/C18H17N3O6S2/c19-15(20)13-14(17(23)21-16(13)22)18(28(24,25)11-7-3-1-4-8-11)29(26,27)12-9-5-2-6-10-12/h1-10,15,18H,19-20H2,(H,21,22,23). The third-order valence-corrected chi connectivity index (χ3v) is 9.26. The van der Waals surface area contributed by atoms with Crippen molar-refractivity contribution in [2.24, 2.45) is 11.5 Å². The summed E-state index contributed by atoms with van der Waals surface area (Å²) in [6.45, 7) is 0. The Morgan fingerprint density at radius 3 is 1.41 bits per heavy atom. The maximum atomic E-state index is 13.4. The molecule has 0 bridgehead atoms. The fourth-order valence-electron chi connectivity index (χ4n) is 2.99. The number of rotatable bonds is 6. The Labute approximate surface area is 167 Å². The van der Waals surface area contributed by atoms with E-state index in [0.717, 1.165) is 0 Å². The molecule has 11 heteroatoms. The summed E-state index contributed by atoms with van der Waals surface area (Å²) in [5.74, 6) is -2.20. The van der Waals surface area contributed by atoms with Crippen LogP contribution in [0.25, 0.3) is 0 Å². The van der Waals surface area contributed by atoms with Crippen molar-refractivity contribution in [2.45, 2.75) is 20.5 Å². The fraction of sp³-hybridized carbons (Fsp3) is 0.111. The number of hydrogen-bond acceptors (Lipinski definition) is 8. The lowest BCUT2D eigenvalue weighted by Crippen LogP contribution is -2.40. The van der Waals surface area contributed by atoms with Crippen LogP contribution in [0.3, 0.4) is 0 Å². The molecule has 0 radical (unpaired) electrons. The van der Waals surface area contributed by atoms with Crippen molar-refractivity contribution in [1.29, 1.82) is 0 Å². The quantitative estimate of drug-likeness (QED) is 0.402. The molecular weight excluding hydrogens is 418 g/mol. The van der Waals surface area contributed by atoms with Gasteiger partial charge in [0.15, 0.2) is 19.7 Å². The molecule has 1 aliphatic rings. The Morgan fingerprint density at radius 1 is 0.655 bits per heavy atom. The van der Waals surface area contributed by atoms with E-state index in [9.17, 15) is 26.4 Å². The second-order valence-electron chi connectivity index (χ2n) is 6.18. The van der Waals surface area contributed by atoms with Crippen molar-refractivity contribution >= 4 is 31.5 Å². The minimum absolute atomic E-state index is 0.339. The third-order valence-electron chi connectivity index (χ3n) is 4.28. The highest BCUT2D eigenvalue weighted by Gasteiger charge is 2.50. The fourth-order valence-corrected chi connectivity index (χ4v) is 7.65. The summed E-state index contributed by atoms with van der Waals surface area (Å²) >= 11 is 0. The summed E-state index contributed by atoms with van der Waals surface area (Å²) in [6.07, 6.45) is -1.56. The lowest BCUT2D eigenvalue weighted by atomic mass is 10.1. The van der Waals surface area contributed by atoms with Gasteiger partial charge in [-0.2, -0.15) is 0 Å². The van der Waals surface area contributed by atoms with Gasteiger partial charge in [-0.3, -0.25) is 14.9 Å². The van der Waals surface area contributed by atoms with Crippen LogP contribution in [-0.4, -0.2) is 39.4 Å². The van der Waals surface area contributed by atoms with Crippen LogP contribution >= 0.6 is 0 Å². The number of imide groups is 1. The molecule has 1 heterocycles. The average molecular weight is 435 g/mol. The first kappa shape index (κ1) is 20.9. The van der Waals surface area contributed by atoms with E-state index < -0.39 is 53.4 Å². The van der Waals surface area contributed by atoms with Crippen molar-refractivity contribution in [3.8, 4) is 0 Å². The molecule has 29 heavy (non-hydrogen) atoms. The Bertz CT molecular complexity index is 1140. The summed E-state index contributed by atoms with van der Waals surface area (Å²) < 4.78 is 51.1. The van der Waals surface area contributed by atoms with Gasteiger partial charge in [0.05, 0.1) is 27.1 Å². The normalized spacial score (nSPS) is 15.3. The number of nitrogens with one attached hydrogen (secondary N) is 1. The van der Waals surface area contributed by atoms with Crippen molar-refractivity contribution in [3.63, 3.8) is 0 Å². The lowest BCUT2D eigenvalue weighted by molar-refractivity contribution is -0.124. The predicted octanol–water partition coefficient (Wildman–Crippen LogP) is -0.543. The molecule has 5 N–H and O–H groups in total. The van der Waals surface area contributed by atoms with E-state index in [1.165, 1.54) is 48.5 Å². The highest BCUT2D eigenvalue weighted by atomic mass is 32.3. The molecule has 152 valence electrons. The minimum Gasteiger partial charge on any atom is -0.312 e. The molecule has 0 spiro atoms. The van der Waals surface area contributed by atoms with E-state index in [1.54, 1.807) is 12.1 Å². The average Bonchev–Trinajstić information content (AvgIpc) is 2.96. The van der Waals surface area contributed by atoms with Gasteiger partial charge in [-0.25, -0.2) is 16.8 Å². The molecule has 0 saturated heterocycles. The zero-order chi connectivity index (χ0) is 21.4. The Hall–Kier alpha value is -2.86. The number of carbonyl (C=O) groups is 2. The van der Waals surface area contributed by atoms with E-state index in [1.807, 2.05) is 5.32 Å². The minimum atomic E-state index is -4.68. The van der Waals surface area contributed by atoms with E-state index in [-0.39, 0.29) is 9.79 Å². The molecule has 0 aliphatic carbocycles. The molecular formula is C18H17N3O6S2. The summed E-state index contributed by atoms with van der Waals surface area (Å²) in [5, 5.41) is 1.89. The number of hydrogen-bond donors (Lipinski definition) is 3. The van der Waals surface area contributed by atoms with Crippen molar-refractivity contribution in [3.05, 3.63) is 71.8 Å². The molecule has 9 nitrogen and oxygen atoms in total. The predicted molar refractivity (Wildman–Crippen MR) is 103 cm³/mol. The number of sulfone groups is 2. The molecule has 0 unspecified atom stereocenters. The van der Waals surface area contributed by atoms with Crippen LogP contribution in [0.5, 0.6) is 0 Å². The van der Waals surface area contributed by atoms with Crippen LogP contribution in [0.4, 0.5) is 0 Å². The van der Waals surface area contributed by atoms with Crippen LogP contribution < -0.4 is 16.8 Å². The van der Waals surface area contributed by atoms with E-state index >= 15 is 0 Å². The molecule has 0 fully saturated rings. The Kier molecular flexibility index (Phi) is 5.41. The van der Waals surface area contributed by atoms with Gasteiger partial charge >= 0.3 is 0 Å². The first-order chi connectivity index (χ1) is 13.6. The number of nitrogens with two attached hydrogens (primary N) is 2. The maximum Gasteiger partial charge on any atom is 0.257 e. The van der Waals surface area contributed by atoms with Gasteiger partial charge in [-0.1, -0.05) is 36.4 Å². The smallest absolute Gasteiger partial charge is 0.257 e. The van der Waals surface area contributed by atoms with Crippen LogP contribution in [-0.2, 0) is 29.3 Å². The molecule has 0 aromatic heterocycles. The number of amides is 2. The van der Waals surface area contributed by atoms with Crippen molar-refractivity contribution in [1.82, 2.24) is 5.32 Å². The van der Waals surface area contributed by atoms with Gasteiger partial charge in [0.1, 0.15) is 0 Å². The molecule has 0 saturated carbocycles. The Morgan fingerprint density at radius 2 is 1.03 bits per heavy atom. The molecule has 2 amide bonds. The third kappa shape index (κ3) is 3.60. The largest absolute Gasteiger partial charge is 0.312 e. The summed E-state index contributed by atoms with van der Waals surface area (Å²) in [4.78, 5) is 23.9. The van der Waals surface area contributed by atoms with E-state index in [2.05, 4.69) is 0 Å². The maximum absolute atomic E-state index is 13.4. The van der Waals surface area contributed by atoms with Gasteiger partial charge < -0.3 is 11.5 Å². The lowest BCUT2D eigenvalue weighted by Gasteiger charge is -2.20. The van der Waals surface area contributed by atoms with Crippen LogP contribution in [0.15, 0.2) is 81.6 Å². The second-order valence-corrected chi connectivity index (χ2v) is 10.5. The molecule has 0 atom stereocenters. The van der Waals surface area contributed by atoms with Crippen LogP contribution in [0.1, 0.15) is 0 Å². The highest BCUT2D eigenvalue weighted by Crippen LogP contribution is 2.34. The van der Waals surface area contributed by atoms with E-state index in [4.69, 9.17) is 11.5 Å². The molecule has 2 aromatic rings. The zero-order valence-electron chi connectivity index (χ0n) is 14.8. The summed E-state index contributed by atoms with van der Waals surface area (Å²) in [7, 11) is -9.37. The zero-order valence-corrected chi connectivity index (χ0v) is 16.5. The van der Waals surface area contributed by atoms with Crippen LogP contribution in [0, 0.1) is 0 Å². The van der Waals surface area contributed by atoms with E-state index in [0.29, 0.717) is 0 Å². The molecule has 1 aliphatic heterocycles. The SMILES string of the molecule is NC(N)C1=C(C(S(=O)(=O)c2ccccc2)S(=O)(=O)c2ccccc2)C(=O)NC1=O. The van der Waals surface area contributed by atoms with Gasteiger partial charge in [0.2, 0.25) is 4.58 Å². The first-order valence-corrected chi connectivity index (χ1v) is 11.4. The number of carbonyl (C=O) groups excluding carboxylic acids is 2. The number of benzene rings is 2.